The second-order valence-corrected chi connectivity index (χ2v) is 5.84. The van der Waals surface area contributed by atoms with Crippen molar-refractivity contribution in [2.24, 2.45) is 0 Å². The van der Waals surface area contributed by atoms with Crippen LogP contribution in [0.15, 0.2) is 52.9 Å². The van der Waals surface area contributed by atoms with E-state index in [1.165, 1.54) is 0 Å². The molecule has 6 heteroatoms. The summed E-state index contributed by atoms with van der Waals surface area (Å²) in [6.07, 6.45) is 0. The number of carbonyl (C=O) groups is 1. The monoisotopic (exact) mass is 351 g/mol. The van der Waals surface area contributed by atoms with Gasteiger partial charge in [0, 0.05) is 5.56 Å². The number of hydrogen-bond donors (Lipinski definition) is 2. The topological polar surface area (TPSA) is 76.4 Å². The highest BCUT2D eigenvalue weighted by molar-refractivity contribution is 5.90. The van der Waals surface area contributed by atoms with Crippen molar-refractivity contribution in [3.8, 4) is 17.2 Å². The van der Waals surface area contributed by atoms with Crippen LogP contribution in [0.3, 0.4) is 0 Å². The molecule has 134 valence electrons. The van der Waals surface area contributed by atoms with Gasteiger partial charge in [0.05, 0.1) is 19.3 Å². The van der Waals surface area contributed by atoms with Gasteiger partial charge in [-0.05, 0) is 37.6 Å². The second kappa shape index (κ2) is 7.74. The first-order chi connectivity index (χ1) is 12.6. The van der Waals surface area contributed by atoms with Crippen molar-refractivity contribution in [3.05, 3.63) is 65.5 Å². The van der Waals surface area contributed by atoms with Gasteiger partial charge >= 0.3 is 6.03 Å². The minimum Gasteiger partial charge on any atom is -0.495 e. The summed E-state index contributed by atoms with van der Waals surface area (Å²) >= 11 is 0. The van der Waals surface area contributed by atoms with E-state index in [4.69, 9.17) is 9.15 Å². The highest BCUT2D eigenvalue weighted by Gasteiger charge is 2.14. The smallest absolute Gasteiger partial charge is 0.319 e. The molecule has 2 aromatic carbocycles. The fourth-order valence-electron chi connectivity index (χ4n) is 2.60. The number of methoxy groups -OCH3 is 1. The Balaban J connectivity index is 1.67. The number of anilines is 1. The molecule has 2 amide bonds. The molecule has 0 saturated carbocycles. The van der Waals surface area contributed by atoms with Gasteiger partial charge in [-0.3, -0.25) is 0 Å². The largest absolute Gasteiger partial charge is 0.495 e. The number of carbonyl (C=O) groups excluding carboxylic acids is 1. The minimum atomic E-state index is -0.339. The molecule has 0 unspecified atom stereocenters. The van der Waals surface area contributed by atoms with Crippen molar-refractivity contribution in [1.82, 2.24) is 10.3 Å². The average molecular weight is 351 g/mol. The molecule has 0 radical (unpaired) electrons. The molecule has 2 N–H and O–H groups in total. The SMILES string of the molecule is COc1ccccc1NC(=O)NCc1nc(-c2ccccc2C)oc1C. The van der Waals surface area contributed by atoms with E-state index in [0.29, 0.717) is 28.8 Å². The highest BCUT2D eigenvalue weighted by atomic mass is 16.5. The quantitative estimate of drug-likeness (QED) is 0.719. The number of nitrogens with one attached hydrogen (secondary N) is 2. The zero-order valence-electron chi connectivity index (χ0n) is 15.0. The van der Waals surface area contributed by atoms with Gasteiger partial charge in [-0.2, -0.15) is 0 Å². The summed E-state index contributed by atoms with van der Waals surface area (Å²) < 4.78 is 11.0. The Morgan fingerprint density at radius 2 is 1.85 bits per heavy atom. The minimum absolute atomic E-state index is 0.266. The van der Waals surface area contributed by atoms with E-state index < -0.39 is 0 Å². The van der Waals surface area contributed by atoms with E-state index in [9.17, 15) is 4.79 Å². The molecule has 3 rings (SSSR count). The average Bonchev–Trinajstić information content (AvgIpc) is 3.01. The predicted octanol–water partition coefficient (Wildman–Crippen LogP) is 4.29. The van der Waals surface area contributed by atoms with Gasteiger partial charge in [0.15, 0.2) is 0 Å². The number of aromatic nitrogens is 1. The lowest BCUT2D eigenvalue weighted by Gasteiger charge is -2.10. The molecule has 3 aromatic rings. The van der Waals surface area contributed by atoms with Gasteiger partial charge in [-0.15, -0.1) is 0 Å². The first-order valence-electron chi connectivity index (χ1n) is 8.28. The lowest BCUT2D eigenvalue weighted by atomic mass is 10.1. The van der Waals surface area contributed by atoms with Crippen LogP contribution in [0.1, 0.15) is 17.0 Å². The van der Waals surface area contributed by atoms with Crippen molar-refractivity contribution in [3.63, 3.8) is 0 Å². The van der Waals surface area contributed by atoms with E-state index in [1.54, 1.807) is 19.2 Å². The van der Waals surface area contributed by atoms with E-state index in [2.05, 4.69) is 15.6 Å². The third kappa shape index (κ3) is 3.85. The zero-order chi connectivity index (χ0) is 18.5. The molecule has 0 atom stereocenters. The van der Waals surface area contributed by atoms with E-state index in [-0.39, 0.29) is 12.6 Å². The fourth-order valence-corrected chi connectivity index (χ4v) is 2.60. The summed E-state index contributed by atoms with van der Waals surface area (Å²) in [5.41, 5.74) is 3.32. The van der Waals surface area contributed by atoms with Crippen molar-refractivity contribution in [2.75, 3.05) is 12.4 Å². The molecule has 0 fully saturated rings. The van der Waals surface area contributed by atoms with Crippen molar-refractivity contribution >= 4 is 11.7 Å². The summed E-state index contributed by atoms with van der Waals surface area (Å²) in [5, 5.41) is 5.56. The molecule has 0 aliphatic rings. The van der Waals surface area contributed by atoms with Gasteiger partial charge in [0.25, 0.3) is 0 Å². The van der Waals surface area contributed by atoms with Crippen LogP contribution >= 0.6 is 0 Å². The Labute approximate surface area is 152 Å². The molecular weight excluding hydrogens is 330 g/mol. The Morgan fingerprint density at radius 3 is 2.62 bits per heavy atom. The highest BCUT2D eigenvalue weighted by Crippen LogP contribution is 2.25. The van der Waals surface area contributed by atoms with E-state index in [0.717, 1.165) is 11.1 Å². The van der Waals surface area contributed by atoms with Crippen LogP contribution in [0, 0.1) is 13.8 Å². The molecule has 0 saturated heterocycles. The number of rotatable bonds is 5. The Morgan fingerprint density at radius 1 is 1.12 bits per heavy atom. The number of hydrogen-bond acceptors (Lipinski definition) is 4. The molecule has 6 nitrogen and oxygen atoms in total. The predicted molar refractivity (Wildman–Crippen MR) is 100 cm³/mol. The molecule has 1 heterocycles. The standard InChI is InChI=1S/C20H21N3O3/c1-13-8-4-5-9-15(13)19-22-17(14(2)26-19)12-21-20(24)23-16-10-6-7-11-18(16)25-3/h4-11H,12H2,1-3H3,(H2,21,23,24). The number of benzene rings is 2. The summed E-state index contributed by atoms with van der Waals surface area (Å²) in [7, 11) is 1.56. The van der Waals surface area contributed by atoms with Gasteiger partial charge < -0.3 is 19.8 Å². The summed E-state index contributed by atoms with van der Waals surface area (Å²) in [6, 6.07) is 14.8. The third-order valence-corrected chi connectivity index (χ3v) is 4.04. The van der Waals surface area contributed by atoms with Crippen LogP contribution < -0.4 is 15.4 Å². The Kier molecular flexibility index (Phi) is 5.22. The summed E-state index contributed by atoms with van der Waals surface area (Å²) in [6.45, 7) is 4.11. The Hall–Kier alpha value is -3.28. The Bertz CT molecular complexity index is 918. The first kappa shape index (κ1) is 17.5. The number of aryl methyl sites for hydroxylation is 2. The molecule has 1 aromatic heterocycles. The first-order valence-corrected chi connectivity index (χ1v) is 8.28. The number of amides is 2. The lowest BCUT2D eigenvalue weighted by Crippen LogP contribution is -2.28. The van der Waals surface area contributed by atoms with Crippen LogP contribution in [0.5, 0.6) is 5.75 Å². The van der Waals surface area contributed by atoms with Gasteiger partial charge in [0.1, 0.15) is 17.2 Å². The third-order valence-electron chi connectivity index (χ3n) is 4.04. The summed E-state index contributed by atoms with van der Waals surface area (Å²) in [5.74, 6) is 1.84. The molecular formula is C20H21N3O3. The zero-order valence-corrected chi connectivity index (χ0v) is 15.0. The normalized spacial score (nSPS) is 10.4. The molecule has 0 bridgehead atoms. The number of urea groups is 1. The van der Waals surface area contributed by atoms with Crippen LogP contribution in [0.25, 0.3) is 11.5 Å². The van der Waals surface area contributed by atoms with Gasteiger partial charge in [0.2, 0.25) is 5.89 Å². The van der Waals surface area contributed by atoms with Gasteiger partial charge in [-0.25, -0.2) is 9.78 Å². The number of ether oxygens (including phenoxy) is 1. The number of oxazole rings is 1. The van der Waals surface area contributed by atoms with Crippen LogP contribution in [0.2, 0.25) is 0 Å². The van der Waals surface area contributed by atoms with E-state index >= 15 is 0 Å². The fraction of sp³-hybridized carbons (Fsp3) is 0.200. The summed E-state index contributed by atoms with van der Waals surface area (Å²) in [4.78, 5) is 16.7. The molecule has 26 heavy (non-hydrogen) atoms. The molecule has 0 aliphatic heterocycles. The van der Waals surface area contributed by atoms with Crippen LogP contribution in [-0.2, 0) is 6.54 Å². The maximum Gasteiger partial charge on any atom is 0.319 e. The van der Waals surface area contributed by atoms with Gasteiger partial charge in [-0.1, -0.05) is 30.3 Å². The molecule has 0 spiro atoms. The van der Waals surface area contributed by atoms with Crippen molar-refractivity contribution in [1.29, 1.82) is 0 Å². The second-order valence-electron chi connectivity index (χ2n) is 5.84. The number of nitrogens with zero attached hydrogens (tertiary/aromatic N) is 1. The molecule has 0 aliphatic carbocycles. The van der Waals surface area contributed by atoms with E-state index in [1.807, 2.05) is 50.2 Å². The van der Waals surface area contributed by atoms with Crippen molar-refractivity contribution < 1.29 is 13.9 Å². The van der Waals surface area contributed by atoms with Crippen LogP contribution in [0.4, 0.5) is 10.5 Å². The lowest BCUT2D eigenvalue weighted by molar-refractivity contribution is 0.251. The van der Waals surface area contributed by atoms with Crippen LogP contribution in [-0.4, -0.2) is 18.1 Å². The van der Waals surface area contributed by atoms with Crippen molar-refractivity contribution in [2.45, 2.75) is 20.4 Å². The maximum absolute atomic E-state index is 12.2. The number of para-hydroxylation sites is 2. The maximum atomic E-state index is 12.2.